The highest BCUT2D eigenvalue weighted by Crippen LogP contribution is 2.36. The molecule has 0 saturated heterocycles. The zero-order chi connectivity index (χ0) is 19.8. The Labute approximate surface area is 171 Å². The number of amides is 1. The largest absolute Gasteiger partial charge is 0.486 e. The van der Waals surface area contributed by atoms with Crippen LogP contribution in [0, 0.1) is 0 Å². The Balaban J connectivity index is 1.52. The maximum atomic E-state index is 12.8. The van der Waals surface area contributed by atoms with Gasteiger partial charge in [-0.1, -0.05) is 30.4 Å². The second-order valence-electron chi connectivity index (χ2n) is 6.81. The number of carbonyl (C=O) groups is 1. The second-order valence-corrected chi connectivity index (χ2v) is 7.82. The lowest BCUT2D eigenvalue weighted by atomic mass is 10.2. The molecule has 150 valence electrons. The van der Waals surface area contributed by atoms with Crippen LogP contribution in [0.2, 0.25) is 0 Å². The minimum atomic E-state index is -0.759. The zero-order valence-electron chi connectivity index (χ0n) is 15.9. The van der Waals surface area contributed by atoms with E-state index in [1.165, 1.54) is 11.3 Å². The van der Waals surface area contributed by atoms with E-state index in [1.807, 2.05) is 34.9 Å². The minimum Gasteiger partial charge on any atom is -0.486 e. The number of para-hydroxylation sites is 2. The smallest absolute Gasteiger partial charge is 0.292 e. The molecule has 8 heteroatoms. The molecule has 0 saturated carbocycles. The van der Waals surface area contributed by atoms with Crippen molar-refractivity contribution in [3.05, 3.63) is 41.2 Å². The standard InChI is InChI=1S/C21H20N2O5S/c1-2-7-23-13-10-16-17(26-9-8-25-16)11-19(13)29-21(23)22-20(24)18-12-27-14-5-3-4-6-15(14)28-18/h3-6,10-11,18H,2,7-9,12H2,1H3/t18-/m1/s1. The van der Waals surface area contributed by atoms with Gasteiger partial charge in [-0.2, -0.15) is 4.99 Å². The molecule has 29 heavy (non-hydrogen) atoms. The van der Waals surface area contributed by atoms with Crippen molar-refractivity contribution >= 4 is 27.5 Å². The molecule has 5 rings (SSSR count). The number of ether oxygens (including phenoxy) is 4. The Morgan fingerprint density at radius 1 is 1.10 bits per heavy atom. The van der Waals surface area contributed by atoms with Gasteiger partial charge < -0.3 is 23.5 Å². The highest BCUT2D eigenvalue weighted by atomic mass is 32.1. The highest BCUT2D eigenvalue weighted by molar-refractivity contribution is 7.16. The summed E-state index contributed by atoms with van der Waals surface area (Å²) in [6.07, 6.45) is 0.156. The lowest BCUT2D eigenvalue weighted by molar-refractivity contribution is -0.127. The van der Waals surface area contributed by atoms with Gasteiger partial charge in [0.1, 0.15) is 19.8 Å². The first kappa shape index (κ1) is 18.1. The number of thiazole rings is 1. The minimum absolute atomic E-state index is 0.147. The van der Waals surface area contributed by atoms with Gasteiger partial charge >= 0.3 is 0 Å². The first-order chi connectivity index (χ1) is 14.2. The number of aromatic nitrogens is 1. The lowest BCUT2D eigenvalue weighted by Crippen LogP contribution is -2.36. The molecule has 0 aliphatic carbocycles. The summed E-state index contributed by atoms with van der Waals surface area (Å²) in [5, 5.41) is 0. The monoisotopic (exact) mass is 412 g/mol. The van der Waals surface area contributed by atoms with Crippen LogP contribution in [0.3, 0.4) is 0 Å². The molecule has 2 aliphatic heterocycles. The number of benzene rings is 2. The van der Waals surface area contributed by atoms with Crippen LogP contribution in [0.25, 0.3) is 10.2 Å². The molecule has 3 aromatic rings. The first-order valence-electron chi connectivity index (χ1n) is 9.63. The molecule has 0 fully saturated rings. The van der Waals surface area contributed by atoms with E-state index in [2.05, 4.69) is 11.9 Å². The third-order valence-electron chi connectivity index (χ3n) is 4.78. The van der Waals surface area contributed by atoms with Crippen molar-refractivity contribution in [1.29, 1.82) is 0 Å². The van der Waals surface area contributed by atoms with Gasteiger partial charge in [-0.15, -0.1) is 0 Å². The van der Waals surface area contributed by atoms with E-state index in [-0.39, 0.29) is 12.5 Å². The fraction of sp³-hybridized carbons (Fsp3) is 0.333. The Morgan fingerprint density at radius 3 is 2.66 bits per heavy atom. The first-order valence-corrected chi connectivity index (χ1v) is 10.4. The summed E-state index contributed by atoms with van der Waals surface area (Å²) in [5.41, 5.74) is 0.985. The lowest BCUT2D eigenvalue weighted by Gasteiger charge is -2.23. The van der Waals surface area contributed by atoms with E-state index in [4.69, 9.17) is 18.9 Å². The maximum absolute atomic E-state index is 12.8. The van der Waals surface area contributed by atoms with Crippen LogP contribution in [0.4, 0.5) is 0 Å². The van der Waals surface area contributed by atoms with E-state index in [0.29, 0.717) is 29.5 Å². The van der Waals surface area contributed by atoms with Crippen LogP contribution in [0.15, 0.2) is 41.4 Å². The molecule has 2 aromatic carbocycles. The Hall–Kier alpha value is -3.00. The number of fused-ring (bicyclic) bond motifs is 3. The van der Waals surface area contributed by atoms with Crippen LogP contribution >= 0.6 is 11.3 Å². The SMILES string of the molecule is CCCn1c(=NC(=O)[C@H]2COc3ccccc3O2)sc2cc3c(cc21)OCCO3. The molecule has 0 radical (unpaired) electrons. The van der Waals surface area contributed by atoms with Gasteiger partial charge in [-0.05, 0) is 18.6 Å². The predicted molar refractivity (Wildman–Crippen MR) is 108 cm³/mol. The summed E-state index contributed by atoms with van der Waals surface area (Å²) < 4.78 is 25.9. The molecule has 7 nitrogen and oxygen atoms in total. The molecule has 1 amide bonds. The molecule has 0 bridgehead atoms. The fourth-order valence-electron chi connectivity index (χ4n) is 3.44. The molecule has 0 unspecified atom stereocenters. The van der Waals surface area contributed by atoms with E-state index in [1.54, 1.807) is 6.07 Å². The number of rotatable bonds is 3. The van der Waals surface area contributed by atoms with Gasteiger partial charge in [0.2, 0.25) is 6.10 Å². The van der Waals surface area contributed by atoms with Crippen LogP contribution < -0.4 is 23.7 Å². The molecular weight excluding hydrogens is 392 g/mol. The topological polar surface area (TPSA) is 71.3 Å². The van der Waals surface area contributed by atoms with E-state index in [0.717, 1.165) is 34.7 Å². The summed E-state index contributed by atoms with van der Waals surface area (Å²) >= 11 is 1.46. The van der Waals surface area contributed by atoms with E-state index < -0.39 is 6.10 Å². The number of carbonyl (C=O) groups excluding carboxylic acids is 1. The Morgan fingerprint density at radius 2 is 1.86 bits per heavy atom. The van der Waals surface area contributed by atoms with Crippen molar-refractivity contribution in [2.45, 2.75) is 26.0 Å². The van der Waals surface area contributed by atoms with Gasteiger partial charge in [0.25, 0.3) is 5.91 Å². The Bertz CT molecular complexity index is 1150. The van der Waals surface area contributed by atoms with Crippen molar-refractivity contribution < 1.29 is 23.7 Å². The third kappa shape index (κ3) is 3.33. The van der Waals surface area contributed by atoms with Crippen LogP contribution in [-0.4, -0.2) is 36.4 Å². The van der Waals surface area contributed by atoms with Crippen molar-refractivity contribution in [2.75, 3.05) is 19.8 Å². The molecule has 0 spiro atoms. The van der Waals surface area contributed by atoms with Crippen LogP contribution in [-0.2, 0) is 11.3 Å². The average Bonchev–Trinajstić information content (AvgIpc) is 3.08. The summed E-state index contributed by atoms with van der Waals surface area (Å²) in [4.78, 5) is 17.9. The van der Waals surface area contributed by atoms with Crippen molar-refractivity contribution in [1.82, 2.24) is 4.57 Å². The number of hydrogen-bond donors (Lipinski definition) is 0. The fourth-order valence-corrected chi connectivity index (χ4v) is 4.51. The van der Waals surface area contributed by atoms with Crippen LogP contribution in [0.5, 0.6) is 23.0 Å². The van der Waals surface area contributed by atoms with E-state index >= 15 is 0 Å². The molecular formula is C21H20N2O5S. The molecule has 1 atom stereocenters. The summed E-state index contributed by atoms with van der Waals surface area (Å²) in [6, 6.07) is 11.2. The molecule has 0 N–H and O–H groups in total. The number of aryl methyl sites for hydroxylation is 1. The van der Waals surface area contributed by atoms with Gasteiger partial charge in [-0.3, -0.25) is 4.79 Å². The quantitative estimate of drug-likeness (QED) is 0.661. The van der Waals surface area contributed by atoms with E-state index in [9.17, 15) is 4.79 Å². The van der Waals surface area contributed by atoms with Gasteiger partial charge in [-0.25, -0.2) is 0 Å². The maximum Gasteiger partial charge on any atom is 0.292 e. The molecule has 2 aliphatic rings. The van der Waals surface area contributed by atoms with Crippen molar-refractivity contribution in [2.24, 2.45) is 4.99 Å². The van der Waals surface area contributed by atoms with Gasteiger partial charge in [0.15, 0.2) is 27.8 Å². The van der Waals surface area contributed by atoms with Crippen LogP contribution in [0.1, 0.15) is 13.3 Å². The summed E-state index contributed by atoms with van der Waals surface area (Å²) in [7, 11) is 0. The van der Waals surface area contributed by atoms with Gasteiger partial charge in [0, 0.05) is 18.7 Å². The van der Waals surface area contributed by atoms with Gasteiger partial charge in [0.05, 0.1) is 10.2 Å². The number of hydrogen-bond acceptors (Lipinski definition) is 6. The Kier molecular flexibility index (Phi) is 4.63. The zero-order valence-corrected chi connectivity index (χ0v) is 16.7. The summed E-state index contributed by atoms with van der Waals surface area (Å²) in [6.45, 7) is 4.06. The van der Waals surface area contributed by atoms with Crippen molar-refractivity contribution in [3.63, 3.8) is 0 Å². The second kappa shape index (κ2) is 7.44. The average molecular weight is 412 g/mol. The highest BCUT2D eigenvalue weighted by Gasteiger charge is 2.27. The molecule has 3 heterocycles. The third-order valence-corrected chi connectivity index (χ3v) is 5.82. The number of nitrogens with zero attached hydrogens (tertiary/aromatic N) is 2. The van der Waals surface area contributed by atoms with Crippen molar-refractivity contribution in [3.8, 4) is 23.0 Å². The summed E-state index contributed by atoms with van der Waals surface area (Å²) in [5.74, 6) is 2.31. The normalized spacial score (nSPS) is 18.1. The molecule has 1 aromatic heterocycles. The predicted octanol–water partition coefficient (Wildman–Crippen LogP) is 3.15.